The molecule has 0 aromatic carbocycles. The monoisotopic (exact) mass is 155 g/mol. The van der Waals surface area contributed by atoms with Gasteiger partial charge in [-0.05, 0) is 26.0 Å². The van der Waals surface area contributed by atoms with E-state index in [1.807, 2.05) is 0 Å². The van der Waals surface area contributed by atoms with Crippen molar-refractivity contribution in [1.29, 1.82) is 0 Å². The maximum absolute atomic E-state index is 4.23. The first-order chi connectivity index (χ1) is 5.14. The Hall–Kier alpha value is -0.330. The zero-order valence-corrected chi connectivity index (χ0v) is 8.35. The van der Waals surface area contributed by atoms with Crippen LogP contribution in [0.1, 0.15) is 47.0 Å². The molecule has 1 nitrogen and oxygen atoms in total. The summed E-state index contributed by atoms with van der Waals surface area (Å²) in [5.41, 5.74) is 0.115. The van der Waals surface area contributed by atoms with Crippen LogP contribution in [0.4, 0.5) is 0 Å². The average Bonchev–Trinajstić information content (AvgIpc) is 2.06. The third-order valence-electron chi connectivity index (χ3n) is 2.94. The lowest BCUT2D eigenvalue weighted by atomic mass is 9.80. The van der Waals surface area contributed by atoms with Gasteiger partial charge in [-0.2, -0.15) is 0 Å². The van der Waals surface area contributed by atoms with Gasteiger partial charge in [0.2, 0.25) is 0 Å². The van der Waals surface area contributed by atoms with E-state index in [2.05, 4.69) is 39.4 Å². The highest BCUT2D eigenvalue weighted by molar-refractivity contribution is 5.26. The minimum Gasteiger partial charge on any atom is -0.294 e. The summed E-state index contributed by atoms with van der Waals surface area (Å²) in [6.07, 6.45) is 3.52. The van der Waals surface area contributed by atoms with Gasteiger partial charge < -0.3 is 0 Å². The van der Waals surface area contributed by atoms with Crippen molar-refractivity contribution in [3.8, 4) is 0 Å². The molecule has 0 bridgehead atoms. The molecular weight excluding hydrogens is 134 g/mol. The van der Waals surface area contributed by atoms with Gasteiger partial charge in [0.1, 0.15) is 0 Å². The molecule has 0 amide bonds. The van der Waals surface area contributed by atoms with Crippen LogP contribution < -0.4 is 0 Å². The van der Waals surface area contributed by atoms with Crippen molar-refractivity contribution in [3.63, 3.8) is 0 Å². The third-order valence-corrected chi connectivity index (χ3v) is 2.94. The Kier molecular flexibility index (Phi) is 4.39. The van der Waals surface area contributed by atoms with Gasteiger partial charge in [-0.3, -0.25) is 4.99 Å². The summed E-state index contributed by atoms with van der Waals surface area (Å²) in [5, 5.41) is 0. The van der Waals surface area contributed by atoms with Crippen molar-refractivity contribution in [2.45, 2.75) is 52.5 Å². The first kappa shape index (κ1) is 10.7. The Morgan fingerprint density at radius 2 is 1.73 bits per heavy atom. The fraction of sp³-hybridized carbons (Fsp3) is 0.900. The first-order valence-corrected chi connectivity index (χ1v) is 4.62. The van der Waals surface area contributed by atoms with Gasteiger partial charge in [-0.1, -0.05) is 33.6 Å². The van der Waals surface area contributed by atoms with Gasteiger partial charge in [0.15, 0.2) is 0 Å². The molecule has 0 aliphatic rings. The fourth-order valence-electron chi connectivity index (χ4n) is 1.70. The molecule has 1 heteroatoms. The average molecular weight is 155 g/mol. The summed E-state index contributed by atoms with van der Waals surface area (Å²) in [5.74, 6) is 0.699. The lowest BCUT2D eigenvalue weighted by Crippen LogP contribution is -2.30. The molecular formula is C10H21N. The van der Waals surface area contributed by atoms with Gasteiger partial charge in [0, 0.05) is 0 Å². The summed E-state index contributed by atoms with van der Waals surface area (Å²) in [4.78, 5) is 4.23. The normalized spacial score (nSPS) is 16.5. The quantitative estimate of drug-likeness (QED) is 0.540. The van der Waals surface area contributed by atoms with Crippen LogP contribution in [-0.4, -0.2) is 12.3 Å². The molecule has 0 radical (unpaired) electrons. The number of hydrogen-bond donors (Lipinski definition) is 0. The Labute approximate surface area is 70.9 Å². The van der Waals surface area contributed by atoms with E-state index < -0.39 is 0 Å². The number of rotatable bonds is 5. The van der Waals surface area contributed by atoms with Gasteiger partial charge in [0.05, 0.1) is 5.54 Å². The van der Waals surface area contributed by atoms with E-state index >= 15 is 0 Å². The standard InChI is InChI=1S/C10H21N/c1-6-9(7-2)10(4,8-3)11-5/h9H,5-8H2,1-4H3. The van der Waals surface area contributed by atoms with Crippen molar-refractivity contribution in [3.05, 3.63) is 0 Å². The highest BCUT2D eigenvalue weighted by Crippen LogP contribution is 2.30. The Morgan fingerprint density at radius 3 is 1.82 bits per heavy atom. The Bertz CT molecular complexity index is 116. The van der Waals surface area contributed by atoms with Crippen molar-refractivity contribution < 1.29 is 0 Å². The van der Waals surface area contributed by atoms with Crippen LogP contribution in [0.2, 0.25) is 0 Å². The summed E-state index contributed by atoms with van der Waals surface area (Å²) in [6, 6.07) is 0. The van der Waals surface area contributed by atoms with Crippen molar-refractivity contribution in [2.75, 3.05) is 0 Å². The molecule has 0 saturated heterocycles. The van der Waals surface area contributed by atoms with Crippen LogP contribution in [0.5, 0.6) is 0 Å². The summed E-state index contributed by atoms with van der Waals surface area (Å²) >= 11 is 0. The van der Waals surface area contributed by atoms with Crippen LogP contribution in [0.25, 0.3) is 0 Å². The molecule has 0 aliphatic heterocycles. The van der Waals surface area contributed by atoms with E-state index in [9.17, 15) is 0 Å². The number of hydrogen-bond acceptors (Lipinski definition) is 1. The molecule has 11 heavy (non-hydrogen) atoms. The lowest BCUT2D eigenvalue weighted by Gasteiger charge is -2.31. The van der Waals surface area contributed by atoms with E-state index in [0.717, 1.165) is 6.42 Å². The Balaban J connectivity index is 4.31. The van der Waals surface area contributed by atoms with E-state index in [0.29, 0.717) is 5.92 Å². The second-order valence-corrected chi connectivity index (χ2v) is 3.38. The summed E-state index contributed by atoms with van der Waals surface area (Å²) in [7, 11) is 0. The molecule has 0 aromatic rings. The smallest absolute Gasteiger partial charge is 0.0598 e. The molecule has 0 fully saturated rings. The van der Waals surface area contributed by atoms with Crippen molar-refractivity contribution in [2.24, 2.45) is 10.9 Å². The van der Waals surface area contributed by atoms with Crippen LogP contribution in [0.15, 0.2) is 4.99 Å². The number of nitrogens with zero attached hydrogens (tertiary/aromatic N) is 1. The van der Waals surface area contributed by atoms with Gasteiger partial charge in [-0.15, -0.1) is 0 Å². The van der Waals surface area contributed by atoms with Crippen LogP contribution in [-0.2, 0) is 0 Å². The molecule has 1 atom stereocenters. The minimum absolute atomic E-state index is 0.115. The van der Waals surface area contributed by atoms with Crippen molar-refractivity contribution in [1.82, 2.24) is 0 Å². The highest BCUT2D eigenvalue weighted by atomic mass is 14.8. The molecule has 0 N–H and O–H groups in total. The van der Waals surface area contributed by atoms with Gasteiger partial charge >= 0.3 is 0 Å². The lowest BCUT2D eigenvalue weighted by molar-refractivity contribution is 0.273. The molecule has 0 aromatic heterocycles. The molecule has 66 valence electrons. The second-order valence-electron chi connectivity index (χ2n) is 3.38. The van der Waals surface area contributed by atoms with E-state index in [-0.39, 0.29) is 5.54 Å². The minimum atomic E-state index is 0.115. The SMILES string of the molecule is C=NC(C)(CC)C(CC)CC. The summed E-state index contributed by atoms with van der Waals surface area (Å²) in [6.45, 7) is 12.5. The number of aliphatic imine (C=N–C) groups is 1. The van der Waals surface area contributed by atoms with Crippen molar-refractivity contribution >= 4 is 6.72 Å². The third kappa shape index (κ3) is 2.32. The summed E-state index contributed by atoms with van der Waals surface area (Å²) < 4.78 is 0. The Morgan fingerprint density at radius 1 is 1.27 bits per heavy atom. The van der Waals surface area contributed by atoms with Crippen LogP contribution in [0.3, 0.4) is 0 Å². The largest absolute Gasteiger partial charge is 0.294 e. The highest BCUT2D eigenvalue weighted by Gasteiger charge is 2.27. The second kappa shape index (κ2) is 4.53. The van der Waals surface area contributed by atoms with E-state index in [4.69, 9.17) is 0 Å². The topological polar surface area (TPSA) is 12.4 Å². The zero-order valence-electron chi connectivity index (χ0n) is 8.35. The fourth-order valence-corrected chi connectivity index (χ4v) is 1.70. The molecule has 0 rings (SSSR count). The maximum atomic E-state index is 4.23. The van der Waals surface area contributed by atoms with Gasteiger partial charge in [-0.25, -0.2) is 0 Å². The molecule has 0 aliphatic carbocycles. The molecule has 0 heterocycles. The van der Waals surface area contributed by atoms with E-state index in [1.165, 1.54) is 12.8 Å². The predicted molar refractivity (Wildman–Crippen MR) is 52.3 cm³/mol. The zero-order chi connectivity index (χ0) is 8.91. The van der Waals surface area contributed by atoms with E-state index in [1.54, 1.807) is 0 Å². The van der Waals surface area contributed by atoms with Crippen LogP contribution >= 0.6 is 0 Å². The van der Waals surface area contributed by atoms with Gasteiger partial charge in [0.25, 0.3) is 0 Å². The predicted octanol–water partition coefficient (Wildman–Crippen LogP) is 3.29. The molecule has 0 saturated carbocycles. The first-order valence-electron chi connectivity index (χ1n) is 4.62. The molecule has 1 unspecified atom stereocenters. The van der Waals surface area contributed by atoms with Crippen LogP contribution in [0, 0.1) is 5.92 Å². The maximum Gasteiger partial charge on any atom is 0.0598 e. The molecule has 0 spiro atoms.